The number of benzene rings is 2. The Kier molecular flexibility index (Phi) is 6.89. The summed E-state index contributed by atoms with van der Waals surface area (Å²) >= 11 is 1.67. The molecule has 0 saturated heterocycles. The lowest BCUT2D eigenvalue weighted by Gasteiger charge is -2.31. The van der Waals surface area contributed by atoms with Crippen LogP contribution in [0.4, 0.5) is 11.4 Å². The molecule has 1 aromatic heterocycles. The number of nitro benzene ring substituents is 1. The molecular formula is C26H31N3O2S. The average molecular weight is 450 g/mol. The van der Waals surface area contributed by atoms with Crippen LogP contribution in [-0.4, -0.2) is 9.49 Å². The van der Waals surface area contributed by atoms with Crippen molar-refractivity contribution in [3.63, 3.8) is 0 Å². The maximum atomic E-state index is 11.1. The lowest BCUT2D eigenvalue weighted by Crippen LogP contribution is -2.28. The number of rotatable bonds is 6. The SMILES string of the molecule is CCc1cccc(CC)c1N=c1scc(-c2ccc([N+](=O)[O-])cc2)n1C1CCCCC1C. The van der Waals surface area contributed by atoms with Crippen molar-refractivity contribution >= 4 is 22.7 Å². The van der Waals surface area contributed by atoms with Gasteiger partial charge in [0.1, 0.15) is 0 Å². The van der Waals surface area contributed by atoms with E-state index >= 15 is 0 Å². The van der Waals surface area contributed by atoms with Gasteiger partial charge in [-0.05, 0) is 60.4 Å². The normalized spacial score (nSPS) is 19.3. The zero-order chi connectivity index (χ0) is 22.7. The molecule has 168 valence electrons. The smallest absolute Gasteiger partial charge is 0.269 e. The van der Waals surface area contributed by atoms with E-state index in [0.29, 0.717) is 12.0 Å². The van der Waals surface area contributed by atoms with E-state index in [4.69, 9.17) is 4.99 Å². The largest absolute Gasteiger partial charge is 0.313 e. The molecule has 1 saturated carbocycles. The first-order chi connectivity index (χ1) is 15.5. The molecule has 0 bridgehead atoms. The Morgan fingerprint density at radius 3 is 2.31 bits per heavy atom. The van der Waals surface area contributed by atoms with Crippen LogP contribution in [0.5, 0.6) is 0 Å². The number of aromatic nitrogens is 1. The fraction of sp³-hybridized carbons (Fsp3) is 0.423. The van der Waals surface area contributed by atoms with E-state index in [1.54, 1.807) is 23.5 Å². The highest BCUT2D eigenvalue weighted by molar-refractivity contribution is 7.07. The van der Waals surface area contributed by atoms with E-state index in [2.05, 4.69) is 48.9 Å². The van der Waals surface area contributed by atoms with Crippen molar-refractivity contribution in [1.82, 2.24) is 4.57 Å². The van der Waals surface area contributed by atoms with Crippen LogP contribution in [0.15, 0.2) is 52.8 Å². The second-order valence-corrected chi connectivity index (χ2v) is 9.49. The topological polar surface area (TPSA) is 60.4 Å². The molecule has 5 nitrogen and oxygen atoms in total. The molecule has 0 spiro atoms. The average Bonchev–Trinajstić information content (AvgIpc) is 3.22. The molecule has 0 amide bonds. The van der Waals surface area contributed by atoms with E-state index in [0.717, 1.165) is 41.0 Å². The number of nitrogens with zero attached hydrogens (tertiary/aromatic N) is 3. The summed E-state index contributed by atoms with van der Waals surface area (Å²) in [5.41, 5.74) is 5.89. The van der Waals surface area contributed by atoms with E-state index < -0.39 is 0 Å². The first-order valence-electron chi connectivity index (χ1n) is 11.6. The number of hydrogen-bond acceptors (Lipinski definition) is 4. The molecule has 1 aliphatic rings. The maximum absolute atomic E-state index is 11.1. The van der Waals surface area contributed by atoms with E-state index in [9.17, 15) is 10.1 Å². The van der Waals surface area contributed by atoms with Gasteiger partial charge in [0.05, 0.1) is 16.3 Å². The number of para-hydroxylation sites is 1. The molecule has 1 aliphatic carbocycles. The standard InChI is InChI=1S/C26H31N3O2S/c1-4-19-10-8-11-20(5-2)25(19)27-26-28(23-12-7-6-9-18(23)3)24(17-32-26)21-13-15-22(16-14-21)29(30)31/h8,10-11,13-18,23H,4-7,9,12H2,1-3H3. The molecule has 2 atom stereocenters. The van der Waals surface area contributed by atoms with Crippen molar-refractivity contribution in [1.29, 1.82) is 0 Å². The number of thiazole rings is 1. The fourth-order valence-corrected chi connectivity index (χ4v) is 5.78. The minimum atomic E-state index is -0.344. The van der Waals surface area contributed by atoms with Crippen molar-refractivity contribution in [2.75, 3.05) is 0 Å². The Hall–Kier alpha value is -2.73. The van der Waals surface area contributed by atoms with Gasteiger partial charge in [-0.25, -0.2) is 4.99 Å². The lowest BCUT2D eigenvalue weighted by atomic mass is 9.85. The van der Waals surface area contributed by atoms with Gasteiger partial charge >= 0.3 is 0 Å². The maximum Gasteiger partial charge on any atom is 0.269 e. The molecule has 2 unspecified atom stereocenters. The third kappa shape index (κ3) is 4.42. The van der Waals surface area contributed by atoms with Crippen LogP contribution in [0.25, 0.3) is 11.3 Å². The van der Waals surface area contributed by atoms with E-state index in [1.165, 1.54) is 30.4 Å². The number of aryl methyl sites for hydroxylation is 2. The van der Waals surface area contributed by atoms with Crippen LogP contribution >= 0.6 is 11.3 Å². The van der Waals surface area contributed by atoms with Gasteiger partial charge in [0.15, 0.2) is 4.80 Å². The quantitative estimate of drug-likeness (QED) is 0.294. The third-order valence-electron chi connectivity index (χ3n) is 6.69. The van der Waals surface area contributed by atoms with Gasteiger partial charge in [-0.2, -0.15) is 0 Å². The molecular weight excluding hydrogens is 418 g/mol. The van der Waals surface area contributed by atoms with Crippen LogP contribution < -0.4 is 4.80 Å². The summed E-state index contributed by atoms with van der Waals surface area (Å²) in [4.78, 5) is 17.1. The summed E-state index contributed by atoms with van der Waals surface area (Å²) in [6, 6.07) is 13.8. The van der Waals surface area contributed by atoms with Gasteiger partial charge in [0.25, 0.3) is 5.69 Å². The lowest BCUT2D eigenvalue weighted by molar-refractivity contribution is -0.384. The molecule has 4 rings (SSSR count). The minimum Gasteiger partial charge on any atom is -0.313 e. The Balaban J connectivity index is 1.91. The van der Waals surface area contributed by atoms with E-state index in [-0.39, 0.29) is 10.6 Å². The highest BCUT2D eigenvalue weighted by Gasteiger charge is 2.26. The third-order valence-corrected chi connectivity index (χ3v) is 7.53. The highest BCUT2D eigenvalue weighted by atomic mass is 32.1. The number of hydrogen-bond donors (Lipinski definition) is 0. The zero-order valence-electron chi connectivity index (χ0n) is 19.1. The molecule has 0 radical (unpaired) electrons. The van der Waals surface area contributed by atoms with Crippen LogP contribution in [0, 0.1) is 16.0 Å². The molecule has 0 N–H and O–H groups in total. The molecule has 1 heterocycles. The van der Waals surface area contributed by atoms with Crippen molar-refractivity contribution in [3.8, 4) is 11.3 Å². The van der Waals surface area contributed by atoms with Gasteiger partial charge in [-0.1, -0.05) is 51.8 Å². The first-order valence-corrected chi connectivity index (χ1v) is 12.5. The summed E-state index contributed by atoms with van der Waals surface area (Å²) in [6.07, 6.45) is 6.77. The van der Waals surface area contributed by atoms with Crippen LogP contribution in [-0.2, 0) is 12.8 Å². The highest BCUT2D eigenvalue weighted by Crippen LogP contribution is 2.37. The number of non-ortho nitro benzene ring substituents is 1. The predicted molar refractivity (Wildman–Crippen MR) is 131 cm³/mol. The molecule has 32 heavy (non-hydrogen) atoms. The van der Waals surface area contributed by atoms with Gasteiger partial charge in [-0.15, -0.1) is 11.3 Å². The van der Waals surface area contributed by atoms with Gasteiger partial charge in [-0.3, -0.25) is 10.1 Å². The van der Waals surface area contributed by atoms with Gasteiger partial charge in [0, 0.05) is 23.6 Å². The Labute approximate surface area is 193 Å². The fourth-order valence-electron chi connectivity index (χ4n) is 4.82. The summed E-state index contributed by atoms with van der Waals surface area (Å²) in [6.45, 7) is 6.71. The second-order valence-electron chi connectivity index (χ2n) is 8.65. The summed E-state index contributed by atoms with van der Waals surface area (Å²) < 4.78 is 2.42. The number of nitro groups is 1. The van der Waals surface area contributed by atoms with Crippen molar-refractivity contribution in [2.24, 2.45) is 10.9 Å². The monoisotopic (exact) mass is 449 g/mol. The summed E-state index contributed by atoms with van der Waals surface area (Å²) in [7, 11) is 0. The van der Waals surface area contributed by atoms with E-state index in [1.807, 2.05) is 12.1 Å². The van der Waals surface area contributed by atoms with Crippen molar-refractivity contribution < 1.29 is 4.92 Å². The molecule has 2 aromatic carbocycles. The Morgan fingerprint density at radius 1 is 1.06 bits per heavy atom. The van der Waals surface area contributed by atoms with Crippen molar-refractivity contribution in [3.05, 3.63) is 73.9 Å². The molecule has 3 aromatic rings. The molecule has 0 aliphatic heterocycles. The van der Waals surface area contributed by atoms with Crippen molar-refractivity contribution in [2.45, 2.75) is 65.3 Å². The minimum absolute atomic E-state index is 0.121. The van der Waals surface area contributed by atoms with Crippen LogP contribution in [0.2, 0.25) is 0 Å². The summed E-state index contributed by atoms with van der Waals surface area (Å²) in [5, 5.41) is 13.3. The van der Waals surface area contributed by atoms with Crippen LogP contribution in [0.3, 0.4) is 0 Å². The van der Waals surface area contributed by atoms with Gasteiger partial charge in [0.2, 0.25) is 0 Å². The Morgan fingerprint density at radius 2 is 1.72 bits per heavy atom. The summed E-state index contributed by atoms with van der Waals surface area (Å²) in [5.74, 6) is 0.571. The Bertz CT molecular complexity index is 1140. The zero-order valence-corrected chi connectivity index (χ0v) is 19.9. The first kappa shape index (κ1) is 22.5. The van der Waals surface area contributed by atoms with Crippen LogP contribution in [0.1, 0.15) is 63.6 Å². The predicted octanol–water partition coefficient (Wildman–Crippen LogP) is 7.23. The van der Waals surface area contributed by atoms with Gasteiger partial charge < -0.3 is 4.57 Å². The second kappa shape index (κ2) is 9.82. The molecule has 1 fully saturated rings. The molecule has 6 heteroatoms.